The van der Waals surface area contributed by atoms with Crippen LogP contribution in [0.1, 0.15) is 5.56 Å². The van der Waals surface area contributed by atoms with Gasteiger partial charge in [-0.05, 0) is 30.7 Å². The lowest BCUT2D eigenvalue weighted by Crippen LogP contribution is -2.21. The molecule has 0 radical (unpaired) electrons. The molecule has 1 rings (SSSR count). The zero-order valence-electron chi connectivity index (χ0n) is 8.12. The largest absolute Gasteiger partial charge is 0.399 e. The fourth-order valence-corrected chi connectivity index (χ4v) is 1.29. The summed E-state index contributed by atoms with van der Waals surface area (Å²) in [6, 6.07) is 5.88. The molecule has 0 saturated carbocycles. The Morgan fingerprint density at radius 3 is 2.62 bits per heavy atom. The topological polar surface area (TPSA) is 49.5 Å². The molecule has 0 amide bonds. The quantitative estimate of drug-likeness (QED) is 0.682. The number of aliphatic hydroxyl groups excluding tert-OH is 1. The molecule has 0 bridgehead atoms. The molecule has 0 aromatic heterocycles. The number of nitrogens with two attached hydrogens (primary N) is 1. The van der Waals surface area contributed by atoms with E-state index in [0.717, 1.165) is 16.9 Å². The Bertz CT molecular complexity index is 266. The third kappa shape index (κ3) is 2.63. The fraction of sp³-hybridized carbons (Fsp3) is 0.400. The highest BCUT2D eigenvalue weighted by molar-refractivity contribution is 5.57. The number of likely N-dealkylation sites (N-methyl/N-ethyl adjacent to an activating group) is 1. The molecule has 13 heavy (non-hydrogen) atoms. The van der Waals surface area contributed by atoms with Gasteiger partial charge >= 0.3 is 0 Å². The van der Waals surface area contributed by atoms with E-state index in [9.17, 15) is 0 Å². The van der Waals surface area contributed by atoms with Crippen LogP contribution < -0.4 is 10.6 Å². The van der Waals surface area contributed by atoms with Gasteiger partial charge in [-0.3, -0.25) is 0 Å². The van der Waals surface area contributed by atoms with E-state index in [2.05, 4.69) is 0 Å². The van der Waals surface area contributed by atoms with E-state index < -0.39 is 0 Å². The van der Waals surface area contributed by atoms with E-state index in [1.807, 2.05) is 37.1 Å². The summed E-state index contributed by atoms with van der Waals surface area (Å²) < 4.78 is 0. The number of nitrogen functional groups attached to an aromatic ring is 1. The standard InChI is InChI=1S/C10H16N2O/c1-8-5-9(11)7-10(6-8)12(2)3-4-13/h5-7,13H,3-4,11H2,1-2H3. The first kappa shape index (κ1) is 9.86. The predicted molar refractivity (Wildman–Crippen MR) is 55.9 cm³/mol. The third-order valence-electron chi connectivity index (χ3n) is 1.96. The van der Waals surface area contributed by atoms with Crippen LogP contribution in [-0.4, -0.2) is 25.3 Å². The first-order valence-corrected chi connectivity index (χ1v) is 4.32. The second-order valence-electron chi connectivity index (χ2n) is 3.25. The summed E-state index contributed by atoms with van der Waals surface area (Å²) in [7, 11) is 1.93. The summed E-state index contributed by atoms with van der Waals surface area (Å²) >= 11 is 0. The van der Waals surface area contributed by atoms with Crippen molar-refractivity contribution in [1.82, 2.24) is 0 Å². The SMILES string of the molecule is Cc1cc(N)cc(N(C)CCO)c1. The molecule has 1 aromatic carbocycles. The van der Waals surface area contributed by atoms with E-state index in [1.54, 1.807) is 0 Å². The van der Waals surface area contributed by atoms with Gasteiger partial charge in [0.1, 0.15) is 0 Å². The Hall–Kier alpha value is -1.22. The Balaban J connectivity index is 2.87. The van der Waals surface area contributed by atoms with Crippen molar-refractivity contribution >= 4 is 11.4 Å². The molecule has 0 spiro atoms. The van der Waals surface area contributed by atoms with Crippen LogP contribution in [0.2, 0.25) is 0 Å². The molecule has 0 aliphatic rings. The molecule has 72 valence electrons. The van der Waals surface area contributed by atoms with Crippen molar-refractivity contribution in [3.05, 3.63) is 23.8 Å². The zero-order chi connectivity index (χ0) is 9.84. The number of rotatable bonds is 3. The minimum absolute atomic E-state index is 0.157. The summed E-state index contributed by atoms with van der Waals surface area (Å²) in [4.78, 5) is 1.98. The number of anilines is 2. The second-order valence-corrected chi connectivity index (χ2v) is 3.25. The van der Waals surface area contributed by atoms with E-state index >= 15 is 0 Å². The highest BCUT2D eigenvalue weighted by Gasteiger charge is 2.00. The van der Waals surface area contributed by atoms with Crippen LogP contribution in [0.4, 0.5) is 11.4 Å². The average molecular weight is 180 g/mol. The van der Waals surface area contributed by atoms with Crippen molar-refractivity contribution in [3.8, 4) is 0 Å². The maximum absolute atomic E-state index is 8.76. The van der Waals surface area contributed by atoms with Crippen molar-refractivity contribution < 1.29 is 5.11 Å². The number of hydrogen-bond donors (Lipinski definition) is 2. The number of aliphatic hydroxyl groups is 1. The lowest BCUT2D eigenvalue weighted by Gasteiger charge is -2.18. The summed E-state index contributed by atoms with van der Waals surface area (Å²) in [5.41, 5.74) is 8.65. The van der Waals surface area contributed by atoms with Crippen LogP contribution in [0.15, 0.2) is 18.2 Å². The molecular weight excluding hydrogens is 164 g/mol. The van der Waals surface area contributed by atoms with Crippen LogP contribution in [0.25, 0.3) is 0 Å². The van der Waals surface area contributed by atoms with Crippen LogP contribution in [0, 0.1) is 6.92 Å². The highest BCUT2D eigenvalue weighted by atomic mass is 16.3. The van der Waals surface area contributed by atoms with Crippen molar-refractivity contribution in [2.45, 2.75) is 6.92 Å². The van der Waals surface area contributed by atoms with Crippen LogP contribution >= 0.6 is 0 Å². The van der Waals surface area contributed by atoms with Gasteiger partial charge in [-0.2, -0.15) is 0 Å². The molecule has 0 heterocycles. The molecule has 1 aromatic rings. The Morgan fingerprint density at radius 2 is 2.08 bits per heavy atom. The minimum Gasteiger partial charge on any atom is -0.399 e. The van der Waals surface area contributed by atoms with Gasteiger partial charge in [0.25, 0.3) is 0 Å². The predicted octanol–water partition coefficient (Wildman–Crippen LogP) is 1.01. The van der Waals surface area contributed by atoms with Gasteiger partial charge in [-0.25, -0.2) is 0 Å². The maximum Gasteiger partial charge on any atom is 0.0606 e. The van der Waals surface area contributed by atoms with E-state index in [4.69, 9.17) is 10.8 Å². The van der Waals surface area contributed by atoms with Crippen molar-refractivity contribution in [2.75, 3.05) is 30.8 Å². The number of aryl methyl sites for hydroxylation is 1. The van der Waals surface area contributed by atoms with Gasteiger partial charge in [-0.15, -0.1) is 0 Å². The molecule has 0 aliphatic carbocycles. The zero-order valence-corrected chi connectivity index (χ0v) is 8.12. The molecule has 0 atom stereocenters. The summed E-state index contributed by atoms with van der Waals surface area (Å²) in [5, 5.41) is 8.76. The molecule has 3 N–H and O–H groups in total. The first-order chi connectivity index (χ1) is 6.13. The maximum atomic E-state index is 8.76. The number of nitrogens with zero attached hydrogens (tertiary/aromatic N) is 1. The van der Waals surface area contributed by atoms with E-state index in [0.29, 0.717) is 6.54 Å². The lowest BCUT2D eigenvalue weighted by atomic mass is 10.2. The van der Waals surface area contributed by atoms with Gasteiger partial charge in [0.15, 0.2) is 0 Å². The van der Waals surface area contributed by atoms with Crippen molar-refractivity contribution in [1.29, 1.82) is 0 Å². The smallest absolute Gasteiger partial charge is 0.0606 e. The van der Waals surface area contributed by atoms with Gasteiger partial charge in [0, 0.05) is 25.0 Å². The Morgan fingerprint density at radius 1 is 1.38 bits per heavy atom. The molecule has 3 heteroatoms. The Labute approximate surface area is 78.8 Å². The summed E-state index contributed by atoms with van der Waals surface area (Å²) in [5.74, 6) is 0. The van der Waals surface area contributed by atoms with Gasteiger partial charge in [-0.1, -0.05) is 0 Å². The molecule has 0 unspecified atom stereocenters. The fourth-order valence-electron chi connectivity index (χ4n) is 1.29. The monoisotopic (exact) mass is 180 g/mol. The third-order valence-corrected chi connectivity index (χ3v) is 1.96. The van der Waals surface area contributed by atoms with Gasteiger partial charge in [0.05, 0.1) is 6.61 Å². The normalized spacial score (nSPS) is 10.1. The van der Waals surface area contributed by atoms with Gasteiger partial charge in [0.2, 0.25) is 0 Å². The molecule has 0 fully saturated rings. The second kappa shape index (κ2) is 4.14. The number of benzene rings is 1. The van der Waals surface area contributed by atoms with Gasteiger partial charge < -0.3 is 15.7 Å². The van der Waals surface area contributed by atoms with E-state index in [-0.39, 0.29) is 6.61 Å². The highest BCUT2D eigenvalue weighted by Crippen LogP contribution is 2.18. The Kier molecular flexibility index (Phi) is 3.14. The lowest BCUT2D eigenvalue weighted by molar-refractivity contribution is 0.304. The first-order valence-electron chi connectivity index (χ1n) is 4.32. The average Bonchev–Trinajstić information content (AvgIpc) is 2.03. The van der Waals surface area contributed by atoms with Crippen LogP contribution in [0.5, 0.6) is 0 Å². The minimum atomic E-state index is 0.157. The molecule has 3 nitrogen and oxygen atoms in total. The molecule has 0 aliphatic heterocycles. The van der Waals surface area contributed by atoms with Crippen molar-refractivity contribution in [2.24, 2.45) is 0 Å². The van der Waals surface area contributed by atoms with Crippen LogP contribution in [-0.2, 0) is 0 Å². The summed E-state index contributed by atoms with van der Waals surface area (Å²) in [6.07, 6.45) is 0. The van der Waals surface area contributed by atoms with E-state index in [1.165, 1.54) is 0 Å². The summed E-state index contributed by atoms with van der Waals surface area (Å²) in [6.45, 7) is 2.79. The van der Waals surface area contributed by atoms with Crippen LogP contribution in [0.3, 0.4) is 0 Å². The molecule has 0 saturated heterocycles. The number of hydrogen-bond acceptors (Lipinski definition) is 3. The van der Waals surface area contributed by atoms with Crippen molar-refractivity contribution in [3.63, 3.8) is 0 Å². The molecular formula is C10H16N2O.